The lowest BCUT2D eigenvalue weighted by molar-refractivity contribution is 0.436. The first-order valence-corrected chi connectivity index (χ1v) is 37.9. The molecule has 4 aliphatic rings. The van der Waals surface area contributed by atoms with Gasteiger partial charge in [-0.05, 0) is 137 Å². The van der Waals surface area contributed by atoms with Crippen LogP contribution < -0.4 is 9.47 Å². The molecule has 0 N–H and O–H groups in total. The van der Waals surface area contributed by atoms with E-state index in [0.717, 1.165) is 134 Å². The Morgan fingerprint density at radius 3 is 0.777 bits per heavy atom. The molecule has 2 spiro atoms. The molecule has 8 heteroatoms. The largest absolute Gasteiger partial charge is 0.457 e. The van der Waals surface area contributed by atoms with Gasteiger partial charge in [0.05, 0.1) is 10.8 Å². The van der Waals surface area contributed by atoms with E-state index in [1.807, 2.05) is 78.9 Å². The summed E-state index contributed by atoms with van der Waals surface area (Å²) < 4.78 is 14.3. The first kappa shape index (κ1) is 64.3. The molecule has 0 saturated carbocycles. The van der Waals surface area contributed by atoms with Crippen LogP contribution in [0.15, 0.2) is 388 Å². The van der Waals surface area contributed by atoms with E-state index < -0.39 is 10.8 Å². The van der Waals surface area contributed by atoms with Crippen molar-refractivity contribution in [2.24, 2.45) is 0 Å². The van der Waals surface area contributed by atoms with Gasteiger partial charge in [-0.3, -0.25) is 0 Å². The van der Waals surface area contributed by atoms with Crippen LogP contribution in [0.25, 0.3) is 146 Å². The average molecular weight is 1430 g/mol. The zero-order valence-electron chi connectivity index (χ0n) is 60.5. The molecule has 0 fully saturated rings. The van der Waals surface area contributed by atoms with Gasteiger partial charge in [-0.25, -0.2) is 29.9 Å². The Hall–Kier alpha value is -14.9. The summed E-state index contributed by atoms with van der Waals surface area (Å²) in [5, 5.41) is 0. The van der Waals surface area contributed by atoms with E-state index in [-0.39, 0.29) is 0 Å². The van der Waals surface area contributed by atoms with E-state index in [1.165, 1.54) is 44.5 Å². The van der Waals surface area contributed by atoms with Gasteiger partial charge in [0, 0.05) is 55.6 Å². The zero-order valence-corrected chi connectivity index (χ0v) is 60.5. The molecular formula is C104H64N6O2. The topological polar surface area (TPSA) is 95.8 Å². The van der Waals surface area contributed by atoms with Crippen LogP contribution in [0, 0.1) is 0 Å². The molecule has 0 radical (unpaired) electrons. The molecule has 18 aromatic rings. The second kappa shape index (κ2) is 25.9. The first-order valence-electron chi connectivity index (χ1n) is 37.9. The average Bonchev–Trinajstić information content (AvgIpc) is 1.51. The lowest BCUT2D eigenvalue weighted by atomic mass is 9.65. The number of fused-ring (bicyclic) bond motifs is 18. The molecule has 8 nitrogen and oxygen atoms in total. The van der Waals surface area contributed by atoms with Gasteiger partial charge in [-0.1, -0.05) is 352 Å². The van der Waals surface area contributed by atoms with Gasteiger partial charge in [0.1, 0.15) is 23.0 Å². The summed E-state index contributed by atoms with van der Waals surface area (Å²) in [5.74, 6) is 6.90. The van der Waals surface area contributed by atoms with E-state index in [9.17, 15) is 0 Å². The van der Waals surface area contributed by atoms with Crippen LogP contribution in [0.1, 0.15) is 44.5 Å². The Kier molecular flexibility index (Phi) is 14.9. The van der Waals surface area contributed by atoms with Gasteiger partial charge < -0.3 is 9.47 Å². The minimum atomic E-state index is -0.680. The SMILES string of the molecule is c1ccc(-c2nc(-c3ccc(-c4ccc5c(c4)Oc4cc(-c6ccccc6-c6cccc(-c7nc(-c8ccccc8)nc(-c8ccccc8)n7)c6)ccc4C54c5ccccc5-c5ccccc54)cc3)nc(-c3cccc(-c4ccc(-c5ccc6c(c5)Oc5ccccc5C65c6ccccc6-c6ccccc65)cc4)c3)n2)cc1. The summed E-state index contributed by atoms with van der Waals surface area (Å²) in [5.41, 5.74) is 29.1. The highest BCUT2D eigenvalue weighted by atomic mass is 16.5. The molecule has 2 aromatic heterocycles. The van der Waals surface area contributed by atoms with E-state index in [1.54, 1.807) is 0 Å². The van der Waals surface area contributed by atoms with Crippen molar-refractivity contribution in [3.63, 3.8) is 0 Å². The second-order valence-corrected chi connectivity index (χ2v) is 29.1. The highest BCUT2D eigenvalue weighted by Crippen LogP contribution is 2.65. The molecule has 16 aromatic carbocycles. The lowest BCUT2D eigenvalue weighted by Gasteiger charge is -2.39. The molecule has 22 rings (SSSR count). The molecule has 112 heavy (non-hydrogen) atoms. The van der Waals surface area contributed by atoms with Crippen molar-refractivity contribution in [1.82, 2.24) is 29.9 Å². The van der Waals surface area contributed by atoms with Crippen molar-refractivity contribution >= 4 is 0 Å². The highest BCUT2D eigenvalue weighted by molar-refractivity contribution is 5.93. The molecule has 0 amide bonds. The Bertz CT molecular complexity index is 6670. The number of para-hydroxylation sites is 1. The van der Waals surface area contributed by atoms with Crippen molar-refractivity contribution in [2.45, 2.75) is 10.8 Å². The van der Waals surface area contributed by atoms with Crippen LogP contribution in [-0.4, -0.2) is 29.9 Å². The number of rotatable bonds is 11. The van der Waals surface area contributed by atoms with Gasteiger partial charge >= 0.3 is 0 Å². The number of aromatic nitrogens is 6. The predicted molar refractivity (Wildman–Crippen MR) is 448 cm³/mol. The third-order valence-corrected chi connectivity index (χ3v) is 23.0. The maximum Gasteiger partial charge on any atom is 0.164 e. The maximum atomic E-state index is 7.40. The van der Waals surface area contributed by atoms with Gasteiger partial charge in [-0.15, -0.1) is 0 Å². The van der Waals surface area contributed by atoms with Crippen molar-refractivity contribution in [2.75, 3.05) is 0 Å². The molecule has 522 valence electrons. The van der Waals surface area contributed by atoms with Gasteiger partial charge in [-0.2, -0.15) is 0 Å². The molecule has 2 aliphatic heterocycles. The standard InChI is InChI=1S/C104H64N6O2/c1-4-24-68(25-5-1)97-105-98(69-26-6-2-7-27-69)109-102(108-97)78-33-23-31-75(61-78)79-34-10-11-35-80(79)76-56-59-92-96(64-76)112-95-63-74(55-58-91(95)104(92)87-42-18-14-38-83(87)84-39-15-19-43-88(84)104)67-50-52-71(53-51-67)100-106-99(70-28-8-3-9-29-70)107-101(110-100)77-32-22-30-72(60-77)65-46-48-66(49-47-65)73-54-57-90-94(62-73)111-93-45-21-20-44-89(93)103(90)85-40-16-12-36-81(85)82-37-13-17-41-86(82)103/h1-64H. The van der Waals surface area contributed by atoms with E-state index in [0.29, 0.717) is 34.9 Å². The smallest absolute Gasteiger partial charge is 0.164 e. The van der Waals surface area contributed by atoms with Crippen molar-refractivity contribution in [1.29, 1.82) is 0 Å². The molecule has 4 heterocycles. The van der Waals surface area contributed by atoms with Crippen LogP contribution in [0.5, 0.6) is 23.0 Å². The van der Waals surface area contributed by atoms with Crippen molar-refractivity contribution < 1.29 is 9.47 Å². The molecule has 2 aliphatic carbocycles. The van der Waals surface area contributed by atoms with E-state index >= 15 is 0 Å². The van der Waals surface area contributed by atoms with E-state index in [4.69, 9.17) is 39.4 Å². The number of hydrogen-bond acceptors (Lipinski definition) is 8. The summed E-state index contributed by atoms with van der Waals surface area (Å²) >= 11 is 0. The molecule has 0 bridgehead atoms. The summed E-state index contributed by atoms with van der Waals surface area (Å²) in [4.78, 5) is 30.8. The van der Waals surface area contributed by atoms with Crippen LogP contribution in [0.4, 0.5) is 0 Å². The highest BCUT2D eigenvalue weighted by Gasteiger charge is 2.53. The summed E-state index contributed by atoms with van der Waals surface area (Å²) in [6, 6.07) is 138. The molecular weight excluding hydrogens is 1370 g/mol. The lowest BCUT2D eigenvalue weighted by Crippen LogP contribution is -2.32. The minimum absolute atomic E-state index is 0.513. The summed E-state index contributed by atoms with van der Waals surface area (Å²) in [6.45, 7) is 0. The van der Waals surface area contributed by atoms with Crippen molar-refractivity contribution in [3.8, 4) is 169 Å². The molecule has 0 unspecified atom stereocenters. The maximum absolute atomic E-state index is 7.40. The molecule has 0 atom stereocenters. The number of nitrogens with zero attached hydrogens (tertiary/aromatic N) is 6. The second-order valence-electron chi connectivity index (χ2n) is 29.1. The van der Waals surface area contributed by atoms with Crippen LogP contribution >= 0.6 is 0 Å². The quantitative estimate of drug-likeness (QED) is 0.126. The normalized spacial score (nSPS) is 13.1. The molecule has 0 saturated heterocycles. The van der Waals surface area contributed by atoms with Crippen LogP contribution in [0.2, 0.25) is 0 Å². The van der Waals surface area contributed by atoms with Crippen LogP contribution in [-0.2, 0) is 10.8 Å². The fraction of sp³-hybridized carbons (Fsp3) is 0.0192. The predicted octanol–water partition coefficient (Wildman–Crippen LogP) is 25.3. The zero-order chi connectivity index (χ0) is 73.9. The number of benzene rings is 16. The number of ether oxygens (including phenoxy) is 2. The van der Waals surface area contributed by atoms with Gasteiger partial charge in [0.2, 0.25) is 0 Å². The van der Waals surface area contributed by atoms with Crippen LogP contribution in [0.3, 0.4) is 0 Å². The summed E-state index contributed by atoms with van der Waals surface area (Å²) in [7, 11) is 0. The Morgan fingerprint density at radius 1 is 0.143 bits per heavy atom. The Morgan fingerprint density at radius 2 is 0.375 bits per heavy atom. The van der Waals surface area contributed by atoms with Gasteiger partial charge in [0.25, 0.3) is 0 Å². The van der Waals surface area contributed by atoms with Gasteiger partial charge in [0.15, 0.2) is 34.9 Å². The third kappa shape index (κ3) is 10.3. The van der Waals surface area contributed by atoms with E-state index in [2.05, 4.69) is 309 Å². The van der Waals surface area contributed by atoms with Crippen molar-refractivity contribution in [3.05, 3.63) is 433 Å². The first-order chi connectivity index (χ1) is 55.5. The fourth-order valence-corrected chi connectivity index (χ4v) is 17.9. The monoisotopic (exact) mass is 1430 g/mol. The summed E-state index contributed by atoms with van der Waals surface area (Å²) in [6.07, 6.45) is 0. The Labute approximate surface area is 648 Å². The minimum Gasteiger partial charge on any atom is -0.457 e. The number of hydrogen-bond donors (Lipinski definition) is 0. The fourth-order valence-electron chi connectivity index (χ4n) is 17.9. The third-order valence-electron chi connectivity index (χ3n) is 23.0. The Balaban J connectivity index is 0.586.